The standard InChI is InChI=1S/C20H25ClN2O3/c1-13-10-18(25-4)19(26-5)11-15(13)12-23(3)14(2)20(24)22-17-8-6-16(21)7-9-17/h6-11,14H,12H2,1-5H3,(H,22,24)/p+1/t14-/m1/s1. The highest BCUT2D eigenvalue weighted by atomic mass is 35.5. The second-order valence-electron chi connectivity index (χ2n) is 6.37. The van der Waals surface area contributed by atoms with Crippen molar-refractivity contribution in [1.29, 1.82) is 0 Å². The van der Waals surface area contributed by atoms with Crippen LogP contribution in [0.25, 0.3) is 0 Å². The van der Waals surface area contributed by atoms with E-state index < -0.39 is 0 Å². The molecule has 0 radical (unpaired) electrons. The van der Waals surface area contributed by atoms with Gasteiger partial charge in [0.15, 0.2) is 17.5 Å². The maximum absolute atomic E-state index is 12.5. The summed E-state index contributed by atoms with van der Waals surface area (Å²) in [5.41, 5.74) is 2.96. The number of carbonyl (C=O) groups excluding carboxylic acids is 1. The van der Waals surface area contributed by atoms with Crippen molar-refractivity contribution in [3.63, 3.8) is 0 Å². The summed E-state index contributed by atoms with van der Waals surface area (Å²) in [6.45, 7) is 4.64. The summed E-state index contributed by atoms with van der Waals surface area (Å²) < 4.78 is 10.7. The number of carbonyl (C=O) groups is 1. The van der Waals surface area contributed by atoms with Crippen molar-refractivity contribution in [3.05, 3.63) is 52.5 Å². The number of methoxy groups -OCH3 is 2. The number of halogens is 1. The number of amides is 1. The van der Waals surface area contributed by atoms with E-state index in [-0.39, 0.29) is 11.9 Å². The minimum absolute atomic E-state index is 0.0389. The van der Waals surface area contributed by atoms with Crippen LogP contribution < -0.4 is 19.7 Å². The zero-order valence-corrected chi connectivity index (χ0v) is 16.6. The average molecular weight is 378 g/mol. The summed E-state index contributed by atoms with van der Waals surface area (Å²) in [5, 5.41) is 3.57. The molecule has 0 saturated heterocycles. The molecule has 2 atom stereocenters. The Kier molecular flexibility index (Phi) is 6.89. The number of nitrogens with one attached hydrogen (secondary N) is 2. The number of rotatable bonds is 7. The van der Waals surface area contributed by atoms with Crippen molar-refractivity contribution >= 4 is 23.2 Å². The van der Waals surface area contributed by atoms with Crippen LogP contribution in [0.1, 0.15) is 18.1 Å². The van der Waals surface area contributed by atoms with Gasteiger partial charge in [-0.05, 0) is 55.8 Å². The van der Waals surface area contributed by atoms with Gasteiger partial charge in [-0.2, -0.15) is 0 Å². The number of likely N-dealkylation sites (N-methyl/N-ethyl adjacent to an activating group) is 1. The van der Waals surface area contributed by atoms with E-state index in [1.54, 1.807) is 38.5 Å². The zero-order chi connectivity index (χ0) is 19.3. The van der Waals surface area contributed by atoms with E-state index >= 15 is 0 Å². The Morgan fingerprint density at radius 2 is 1.73 bits per heavy atom. The molecule has 6 heteroatoms. The molecule has 2 aromatic rings. The monoisotopic (exact) mass is 377 g/mol. The Morgan fingerprint density at radius 1 is 1.15 bits per heavy atom. The first-order valence-electron chi connectivity index (χ1n) is 8.46. The van der Waals surface area contributed by atoms with Gasteiger partial charge in [-0.25, -0.2) is 0 Å². The molecule has 0 fully saturated rings. The SMILES string of the molecule is COc1cc(C)c(C[NH+](C)[C@H](C)C(=O)Nc2ccc(Cl)cc2)cc1OC. The van der Waals surface area contributed by atoms with Crippen LogP contribution in [0.5, 0.6) is 11.5 Å². The van der Waals surface area contributed by atoms with E-state index in [9.17, 15) is 4.79 Å². The molecule has 0 aliphatic heterocycles. The molecule has 2 rings (SSSR count). The lowest BCUT2D eigenvalue weighted by Crippen LogP contribution is -3.12. The van der Waals surface area contributed by atoms with Crippen LogP contribution in [-0.2, 0) is 11.3 Å². The average Bonchev–Trinajstić information content (AvgIpc) is 2.63. The van der Waals surface area contributed by atoms with Crippen LogP contribution in [0, 0.1) is 6.92 Å². The number of anilines is 1. The molecular formula is C20H26ClN2O3+. The van der Waals surface area contributed by atoms with Crippen molar-refractivity contribution in [2.45, 2.75) is 26.4 Å². The fraction of sp³-hybridized carbons (Fsp3) is 0.350. The molecular weight excluding hydrogens is 352 g/mol. The van der Waals surface area contributed by atoms with Gasteiger partial charge in [0.1, 0.15) is 6.54 Å². The predicted molar refractivity (Wildman–Crippen MR) is 104 cm³/mol. The smallest absolute Gasteiger partial charge is 0.282 e. The minimum Gasteiger partial charge on any atom is -0.493 e. The molecule has 0 spiro atoms. The number of benzene rings is 2. The molecule has 0 heterocycles. The predicted octanol–water partition coefficient (Wildman–Crippen LogP) is 2.71. The van der Waals surface area contributed by atoms with Crippen molar-refractivity contribution in [2.24, 2.45) is 0 Å². The molecule has 0 aliphatic rings. The summed E-state index contributed by atoms with van der Waals surface area (Å²) in [6, 6.07) is 10.8. The topological polar surface area (TPSA) is 52.0 Å². The van der Waals surface area contributed by atoms with Crippen LogP contribution in [0.2, 0.25) is 5.02 Å². The van der Waals surface area contributed by atoms with Gasteiger partial charge in [-0.1, -0.05) is 11.6 Å². The van der Waals surface area contributed by atoms with Gasteiger partial charge in [0.25, 0.3) is 5.91 Å². The summed E-state index contributed by atoms with van der Waals surface area (Å²) >= 11 is 5.88. The van der Waals surface area contributed by atoms with Gasteiger partial charge in [-0.3, -0.25) is 4.79 Å². The van der Waals surface area contributed by atoms with E-state index in [0.29, 0.717) is 23.1 Å². The Bertz CT molecular complexity index is 762. The third-order valence-electron chi connectivity index (χ3n) is 4.56. The van der Waals surface area contributed by atoms with Gasteiger partial charge >= 0.3 is 0 Å². The normalized spacial score (nSPS) is 13.0. The van der Waals surface area contributed by atoms with Crippen molar-refractivity contribution < 1.29 is 19.2 Å². The molecule has 2 N–H and O–H groups in total. The third kappa shape index (κ3) is 4.90. The lowest BCUT2D eigenvalue weighted by atomic mass is 10.1. The van der Waals surface area contributed by atoms with Crippen LogP contribution in [0.15, 0.2) is 36.4 Å². The van der Waals surface area contributed by atoms with Crippen molar-refractivity contribution in [3.8, 4) is 11.5 Å². The summed E-state index contributed by atoms with van der Waals surface area (Å²) in [6.07, 6.45) is 0. The quantitative estimate of drug-likeness (QED) is 0.780. The van der Waals surface area contributed by atoms with Crippen LogP contribution in [0.4, 0.5) is 5.69 Å². The second kappa shape index (κ2) is 8.92. The number of hydrogen-bond acceptors (Lipinski definition) is 3. The highest BCUT2D eigenvalue weighted by Crippen LogP contribution is 2.29. The molecule has 5 nitrogen and oxygen atoms in total. The van der Waals surface area contributed by atoms with Crippen LogP contribution in [-0.4, -0.2) is 33.2 Å². The Morgan fingerprint density at radius 3 is 2.31 bits per heavy atom. The molecule has 0 aliphatic carbocycles. The van der Waals surface area contributed by atoms with Crippen molar-refractivity contribution in [2.75, 3.05) is 26.6 Å². The van der Waals surface area contributed by atoms with E-state index in [2.05, 4.69) is 5.32 Å². The molecule has 1 unspecified atom stereocenters. The van der Waals surface area contributed by atoms with Gasteiger partial charge in [0.05, 0.1) is 21.3 Å². The molecule has 2 aromatic carbocycles. The number of ether oxygens (including phenoxy) is 2. The fourth-order valence-corrected chi connectivity index (χ4v) is 2.80. The highest BCUT2D eigenvalue weighted by molar-refractivity contribution is 6.30. The summed E-state index contributed by atoms with van der Waals surface area (Å²) in [7, 11) is 5.25. The van der Waals surface area contributed by atoms with Crippen molar-refractivity contribution in [1.82, 2.24) is 0 Å². The third-order valence-corrected chi connectivity index (χ3v) is 4.81. The van der Waals surface area contributed by atoms with Crippen LogP contribution in [0.3, 0.4) is 0 Å². The molecule has 0 saturated carbocycles. The highest BCUT2D eigenvalue weighted by Gasteiger charge is 2.23. The lowest BCUT2D eigenvalue weighted by Gasteiger charge is -2.22. The summed E-state index contributed by atoms with van der Waals surface area (Å²) in [5.74, 6) is 1.36. The summed E-state index contributed by atoms with van der Waals surface area (Å²) in [4.78, 5) is 13.6. The van der Waals surface area contributed by atoms with Gasteiger partial charge in [0.2, 0.25) is 0 Å². The molecule has 1 amide bonds. The molecule has 26 heavy (non-hydrogen) atoms. The zero-order valence-electron chi connectivity index (χ0n) is 15.9. The first kappa shape index (κ1) is 20.1. The largest absolute Gasteiger partial charge is 0.493 e. The van der Waals surface area contributed by atoms with E-state index in [4.69, 9.17) is 21.1 Å². The molecule has 0 bridgehead atoms. The Hall–Kier alpha value is -2.24. The minimum atomic E-state index is -0.224. The Balaban J connectivity index is 2.07. The van der Waals surface area contributed by atoms with E-state index in [1.807, 2.05) is 33.0 Å². The number of hydrogen-bond donors (Lipinski definition) is 2. The molecule has 0 aromatic heterocycles. The van der Waals surface area contributed by atoms with E-state index in [1.165, 1.54) is 0 Å². The first-order valence-corrected chi connectivity index (χ1v) is 8.83. The fourth-order valence-electron chi connectivity index (χ4n) is 2.67. The molecule has 140 valence electrons. The Labute approximate surface area is 159 Å². The maximum Gasteiger partial charge on any atom is 0.282 e. The lowest BCUT2D eigenvalue weighted by molar-refractivity contribution is -0.907. The number of quaternary nitrogens is 1. The van der Waals surface area contributed by atoms with Crippen LogP contribution >= 0.6 is 11.6 Å². The number of aryl methyl sites for hydroxylation is 1. The van der Waals surface area contributed by atoms with Gasteiger partial charge in [0, 0.05) is 16.3 Å². The first-order chi connectivity index (χ1) is 12.3. The maximum atomic E-state index is 12.5. The van der Waals surface area contributed by atoms with E-state index in [0.717, 1.165) is 21.7 Å². The van der Waals surface area contributed by atoms with Gasteiger partial charge in [-0.15, -0.1) is 0 Å². The van der Waals surface area contributed by atoms with Gasteiger partial charge < -0.3 is 19.7 Å². The second-order valence-corrected chi connectivity index (χ2v) is 6.81.